The Balaban J connectivity index is 1.88. The highest BCUT2D eigenvalue weighted by Crippen LogP contribution is 2.28. The monoisotopic (exact) mass is 420 g/mol. The number of hydrogen-bond acceptors (Lipinski definition) is 5. The number of nitrogens with zero attached hydrogens (tertiary/aromatic N) is 2. The second kappa shape index (κ2) is 14.1. The summed E-state index contributed by atoms with van der Waals surface area (Å²) in [4.78, 5) is 7.33. The summed E-state index contributed by atoms with van der Waals surface area (Å²) in [7, 11) is 1.76. The molecule has 7 nitrogen and oxygen atoms in total. The van der Waals surface area contributed by atoms with Crippen LogP contribution in [0.3, 0.4) is 0 Å². The number of hydrogen-bond donors (Lipinski definition) is 2. The van der Waals surface area contributed by atoms with Gasteiger partial charge in [-0.25, -0.2) is 0 Å². The Labute approximate surface area is 182 Å². The van der Waals surface area contributed by atoms with Gasteiger partial charge in [-0.2, -0.15) is 0 Å². The first-order chi connectivity index (χ1) is 14.7. The van der Waals surface area contributed by atoms with E-state index in [4.69, 9.17) is 19.2 Å². The third-order valence-corrected chi connectivity index (χ3v) is 5.20. The van der Waals surface area contributed by atoms with Gasteiger partial charge in [-0.05, 0) is 64.3 Å². The Morgan fingerprint density at radius 3 is 2.67 bits per heavy atom. The van der Waals surface area contributed by atoms with Crippen molar-refractivity contribution in [1.29, 1.82) is 0 Å². The van der Waals surface area contributed by atoms with Crippen molar-refractivity contribution in [2.24, 2.45) is 4.99 Å². The third kappa shape index (κ3) is 8.03. The van der Waals surface area contributed by atoms with Crippen LogP contribution < -0.4 is 20.1 Å². The zero-order valence-electron chi connectivity index (χ0n) is 19.2. The second-order valence-corrected chi connectivity index (χ2v) is 7.37. The molecule has 0 saturated carbocycles. The maximum atomic E-state index is 5.73. The number of benzene rings is 1. The number of ether oxygens (including phenoxy) is 3. The predicted octanol–water partition coefficient (Wildman–Crippen LogP) is 2.69. The standard InChI is InChI=1S/C23H40N4O3/c1-5-24-23(26-18-20-9-8-14-27(20)15-16-28-4)25-13-12-19-10-11-21(29-6-2)22(17-19)30-7-3/h10-11,17,20H,5-9,12-16,18H2,1-4H3,(H2,24,25,26). The fraction of sp³-hybridized carbons (Fsp3) is 0.696. The number of rotatable bonds is 13. The van der Waals surface area contributed by atoms with Gasteiger partial charge in [0.25, 0.3) is 0 Å². The topological polar surface area (TPSA) is 67.4 Å². The maximum absolute atomic E-state index is 5.73. The van der Waals surface area contributed by atoms with Crippen molar-refractivity contribution in [2.75, 3.05) is 59.7 Å². The van der Waals surface area contributed by atoms with Crippen LogP contribution >= 0.6 is 0 Å². The Hall–Kier alpha value is -1.99. The van der Waals surface area contributed by atoms with Gasteiger partial charge in [0, 0.05) is 32.8 Å². The molecule has 1 aromatic rings. The lowest BCUT2D eigenvalue weighted by Crippen LogP contribution is -2.40. The molecule has 1 aromatic carbocycles. The zero-order chi connectivity index (χ0) is 21.6. The van der Waals surface area contributed by atoms with Crippen LogP contribution in [-0.4, -0.2) is 76.6 Å². The van der Waals surface area contributed by atoms with Crippen LogP contribution in [0, 0.1) is 0 Å². The highest BCUT2D eigenvalue weighted by Gasteiger charge is 2.23. The number of nitrogens with one attached hydrogen (secondary N) is 2. The normalized spacial score (nSPS) is 17.2. The van der Waals surface area contributed by atoms with Gasteiger partial charge in [-0.3, -0.25) is 9.89 Å². The maximum Gasteiger partial charge on any atom is 0.191 e. The van der Waals surface area contributed by atoms with Crippen LogP contribution in [0.5, 0.6) is 11.5 Å². The molecule has 2 rings (SSSR count). The van der Waals surface area contributed by atoms with Gasteiger partial charge in [-0.1, -0.05) is 6.07 Å². The van der Waals surface area contributed by atoms with E-state index in [1.807, 2.05) is 19.9 Å². The van der Waals surface area contributed by atoms with E-state index < -0.39 is 0 Å². The molecule has 1 atom stereocenters. The van der Waals surface area contributed by atoms with E-state index in [-0.39, 0.29) is 0 Å². The lowest BCUT2D eigenvalue weighted by Gasteiger charge is -2.23. The molecule has 1 unspecified atom stereocenters. The summed E-state index contributed by atoms with van der Waals surface area (Å²) in [5.74, 6) is 2.50. The van der Waals surface area contributed by atoms with Crippen LogP contribution in [0.1, 0.15) is 39.2 Å². The molecule has 0 radical (unpaired) electrons. The van der Waals surface area contributed by atoms with E-state index in [1.165, 1.54) is 18.4 Å². The molecule has 1 fully saturated rings. The van der Waals surface area contributed by atoms with Gasteiger partial charge in [0.1, 0.15) is 0 Å². The molecule has 170 valence electrons. The summed E-state index contributed by atoms with van der Waals surface area (Å²) >= 11 is 0. The quantitative estimate of drug-likeness (QED) is 0.378. The van der Waals surface area contributed by atoms with Crippen LogP contribution in [0.4, 0.5) is 0 Å². The summed E-state index contributed by atoms with van der Waals surface area (Å²) < 4.78 is 16.6. The molecule has 30 heavy (non-hydrogen) atoms. The number of likely N-dealkylation sites (tertiary alicyclic amines) is 1. The average molecular weight is 421 g/mol. The molecule has 1 heterocycles. The van der Waals surface area contributed by atoms with Gasteiger partial charge in [-0.15, -0.1) is 0 Å². The zero-order valence-corrected chi connectivity index (χ0v) is 19.2. The van der Waals surface area contributed by atoms with Crippen molar-refractivity contribution >= 4 is 5.96 Å². The molecule has 1 aliphatic heterocycles. The van der Waals surface area contributed by atoms with Crippen LogP contribution in [-0.2, 0) is 11.2 Å². The predicted molar refractivity (Wildman–Crippen MR) is 123 cm³/mol. The summed E-state index contributed by atoms with van der Waals surface area (Å²) in [5, 5.41) is 6.83. The summed E-state index contributed by atoms with van der Waals surface area (Å²) in [6, 6.07) is 6.69. The van der Waals surface area contributed by atoms with Crippen molar-refractivity contribution in [2.45, 2.75) is 46.1 Å². The minimum Gasteiger partial charge on any atom is -0.490 e. The molecule has 1 saturated heterocycles. The average Bonchev–Trinajstić information content (AvgIpc) is 3.20. The molecular formula is C23H40N4O3. The van der Waals surface area contributed by atoms with Gasteiger partial charge in [0.15, 0.2) is 17.5 Å². The Morgan fingerprint density at radius 2 is 1.93 bits per heavy atom. The first-order valence-corrected chi connectivity index (χ1v) is 11.3. The van der Waals surface area contributed by atoms with Crippen molar-refractivity contribution in [3.8, 4) is 11.5 Å². The van der Waals surface area contributed by atoms with E-state index in [1.54, 1.807) is 7.11 Å². The smallest absolute Gasteiger partial charge is 0.191 e. The van der Waals surface area contributed by atoms with Gasteiger partial charge in [0.2, 0.25) is 0 Å². The van der Waals surface area contributed by atoms with Crippen molar-refractivity contribution in [3.63, 3.8) is 0 Å². The van der Waals surface area contributed by atoms with E-state index in [2.05, 4.69) is 34.6 Å². The molecule has 0 amide bonds. The first kappa shape index (κ1) is 24.3. The minimum atomic E-state index is 0.510. The SMILES string of the molecule is CCNC(=NCC1CCCN1CCOC)NCCc1ccc(OCC)c(OCC)c1. The lowest BCUT2D eigenvalue weighted by atomic mass is 10.1. The van der Waals surface area contributed by atoms with Gasteiger partial charge >= 0.3 is 0 Å². The van der Waals surface area contributed by atoms with Crippen LogP contribution in [0.25, 0.3) is 0 Å². The highest BCUT2D eigenvalue weighted by atomic mass is 16.5. The molecule has 0 aromatic heterocycles. The van der Waals surface area contributed by atoms with Crippen molar-refractivity contribution < 1.29 is 14.2 Å². The van der Waals surface area contributed by atoms with E-state index in [0.29, 0.717) is 19.3 Å². The van der Waals surface area contributed by atoms with Crippen molar-refractivity contribution in [1.82, 2.24) is 15.5 Å². The molecule has 2 N–H and O–H groups in total. The molecule has 0 spiro atoms. The van der Waals surface area contributed by atoms with Crippen LogP contribution in [0.2, 0.25) is 0 Å². The summed E-state index contributed by atoms with van der Waals surface area (Å²) in [5.41, 5.74) is 1.21. The summed E-state index contributed by atoms with van der Waals surface area (Å²) in [6.45, 7) is 12.7. The lowest BCUT2D eigenvalue weighted by molar-refractivity contribution is 0.142. The first-order valence-electron chi connectivity index (χ1n) is 11.3. The van der Waals surface area contributed by atoms with Crippen LogP contribution in [0.15, 0.2) is 23.2 Å². The van der Waals surface area contributed by atoms with Crippen molar-refractivity contribution in [3.05, 3.63) is 23.8 Å². The molecule has 1 aliphatic rings. The molecule has 7 heteroatoms. The molecule has 0 bridgehead atoms. The van der Waals surface area contributed by atoms with E-state index in [9.17, 15) is 0 Å². The fourth-order valence-corrected chi connectivity index (χ4v) is 3.72. The Kier molecular flexibility index (Phi) is 11.4. The molecule has 0 aliphatic carbocycles. The largest absolute Gasteiger partial charge is 0.490 e. The Morgan fingerprint density at radius 1 is 1.13 bits per heavy atom. The number of methoxy groups -OCH3 is 1. The van der Waals surface area contributed by atoms with Gasteiger partial charge in [0.05, 0.1) is 26.4 Å². The van der Waals surface area contributed by atoms with Gasteiger partial charge < -0.3 is 24.8 Å². The number of aliphatic imine (C=N–C) groups is 1. The Bertz CT molecular complexity index is 639. The minimum absolute atomic E-state index is 0.510. The second-order valence-electron chi connectivity index (χ2n) is 7.37. The third-order valence-electron chi connectivity index (χ3n) is 5.20. The summed E-state index contributed by atoms with van der Waals surface area (Å²) in [6.07, 6.45) is 3.34. The number of guanidine groups is 1. The fourth-order valence-electron chi connectivity index (χ4n) is 3.72. The molecular weight excluding hydrogens is 380 g/mol. The van der Waals surface area contributed by atoms with E-state index in [0.717, 1.165) is 63.2 Å². The van der Waals surface area contributed by atoms with E-state index >= 15 is 0 Å². The highest BCUT2D eigenvalue weighted by molar-refractivity contribution is 5.79.